The molecule has 1 aromatic rings. The number of carbonyl (C=O) groups is 1. The number of hydrogen-bond acceptors (Lipinski definition) is 3. The van der Waals surface area contributed by atoms with E-state index in [1.807, 2.05) is 6.07 Å². The maximum Gasteiger partial charge on any atom is 0.223 e. The van der Waals surface area contributed by atoms with Crippen LogP contribution in [0.3, 0.4) is 0 Å². The Balaban J connectivity index is 1.41. The lowest BCUT2D eigenvalue weighted by Crippen LogP contribution is -2.34. The second kappa shape index (κ2) is 7.36. The first-order valence-corrected chi connectivity index (χ1v) is 9.90. The molecule has 4 heteroatoms. The largest absolute Gasteiger partial charge is 0.497 e. The number of fused-ring (bicyclic) bond motifs is 2. The fourth-order valence-corrected chi connectivity index (χ4v) is 5.04. The van der Waals surface area contributed by atoms with Crippen molar-refractivity contribution in [1.29, 1.82) is 0 Å². The highest BCUT2D eigenvalue weighted by Crippen LogP contribution is 2.36. The highest BCUT2D eigenvalue weighted by molar-refractivity contribution is 5.77. The van der Waals surface area contributed by atoms with Crippen LogP contribution in [0.4, 0.5) is 0 Å². The van der Waals surface area contributed by atoms with E-state index >= 15 is 0 Å². The van der Waals surface area contributed by atoms with E-state index in [2.05, 4.69) is 22.3 Å². The molecule has 0 saturated carbocycles. The third kappa shape index (κ3) is 3.55. The van der Waals surface area contributed by atoms with Gasteiger partial charge in [-0.3, -0.25) is 4.79 Å². The van der Waals surface area contributed by atoms with Gasteiger partial charge in [0, 0.05) is 19.5 Å². The number of methoxy groups -OCH3 is 1. The van der Waals surface area contributed by atoms with Gasteiger partial charge in [-0.05, 0) is 86.2 Å². The van der Waals surface area contributed by atoms with Gasteiger partial charge in [0.05, 0.1) is 7.11 Å². The second-order valence-corrected chi connectivity index (χ2v) is 7.99. The quantitative estimate of drug-likeness (QED) is 0.918. The number of amides is 1. The molecule has 136 valence electrons. The summed E-state index contributed by atoms with van der Waals surface area (Å²) in [7, 11) is 1.72. The maximum absolute atomic E-state index is 13.0. The molecule has 2 aliphatic heterocycles. The van der Waals surface area contributed by atoms with Crippen molar-refractivity contribution in [2.75, 3.05) is 33.3 Å². The molecule has 1 aliphatic carbocycles. The van der Waals surface area contributed by atoms with Gasteiger partial charge in [-0.15, -0.1) is 0 Å². The Hall–Kier alpha value is -1.55. The second-order valence-electron chi connectivity index (χ2n) is 7.99. The fourth-order valence-electron chi connectivity index (χ4n) is 5.04. The van der Waals surface area contributed by atoms with Crippen molar-refractivity contribution in [3.05, 3.63) is 29.3 Å². The Labute approximate surface area is 150 Å². The van der Waals surface area contributed by atoms with Crippen molar-refractivity contribution >= 4 is 5.91 Å². The monoisotopic (exact) mass is 342 g/mol. The number of nitrogens with zero attached hydrogens (tertiary/aromatic N) is 1. The molecule has 1 unspecified atom stereocenters. The molecule has 1 aromatic carbocycles. The zero-order chi connectivity index (χ0) is 17.2. The van der Waals surface area contributed by atoms with Crippen LogP contribution in [0.15, 0.2) is 18.2 Å². The van der Waals surface area contributed by atoms with Crippen LogP contribution in [0, 0.1) is 11.8 Å². The van der Waals surface area contributed by atoms with Gasteiger partial charge in [0.25, 0.3) is 0 Å². The molecular weight excluding hydrogens is 312 g/mol. The van der Waals surface area contributed by atoms with Gasteiger partial charge in [0.15, 0.2) is 0 Å². The summed E-state index contributed by atoms with van der Waals surface area (Å²) in [5.41, 5.74) is 2.75. The summed E-state index contributed by atoms with van der Waals surface area (Å²) < 4.78 is 5.36. The predicted octanol–water partition coefficient (Wildman–Crippen LogP) is 2.96. The first kappa shape index (κ1) is 16.9. The Kier molecular flexibility index (Phi) is 4.98. The topological polar surface area (TPSA) is 41.6 Å². The van der Waals surface area contributed by atoms with E-state index in [1.165, 1.54) is 30.4 Å². The van der Waals surface area contributed by atoms with Crippen LogP contribution >= 0.6 is 0 Å². The molecule has 4 rings (SSSR count). The minimum atomic E-state index is 0.363. The molecule has 2 fully saturated rings. The molecular formula is C21H30N2O2. The molecule has 4 nitrogen and oxygen atoms in total. The first-order valence-electron chi connectivity index (χ1n) is 9.90. The van der Waals surface area contributed by atoms with Crippen LogP contribution in [0.5, 0.6) is 5.75 Å². The normalized spacial score (nSPS) is 28.8. The van der Waals surface area contributed by atoms with Crippen LogP contribution < -0.4 is 10.1 Å². The van der Waals surface area contributed by atoms with E-state index in [-0.39, 0.29) is 0 Å². The Morgan fingerprint density at radius 1 is 1.20 bits per heavy atom. The van der Waals surface area contributed by atoms with Crippen LogP contribution in [-0.4, -0.2) is 44.1 Å². The maximum atomic E-state index is 13.0. The van der Waals surface area contributed by atoms with Gasteiger partial charge in [0.1, 0.15) is 5.75 Å². The molecule has 3 atom stereocenters. The summed E-state index contributed by atoms with van der Waals surface area (Å²) >= 11 is 0. The van der Waals surface area contributed by atoms with Gasteiger partial charge >= 0.3 is 0 Å². The molecule has 0 spiro atoms. The molecule has 0 aromatic heterocycles. The minimum absolute atomic E-state index is 0.363. The zero-order valence-corrected chi connectivity index (χ0v) is 15.3. The predicted molar refractivity (Wildman–Crippen MR) is 99.0 cm³/mol. The van der Waals surface area contributed by atoms with E-state index in [0.29, 0.717) is 18.2 Å². The average molecular weight is 342 g/mol. The number of hydrogen-bond donors (Lipinski definition) is 1. The number of carbonyl (C=O) groups excluding carboxylic acids is 1. The smallest absolute Gasteiger partial charge is 0.223 e. The zero-order valence-electron chi connectivity index (χ0n) is 15.3. The molecule has 0 radical (unpaired) electrons. The standard InChI is InChI=1S/C21H30N2O2/c1-25-19-5-6-20-15(11-19)3-2-4-16(20)12-21(24)23-9-7-17-13-22-14-18(17)8-10-23/h5-6,11,16-18,22H,2-4,7-10,12-14H2,1H3/t16?,17-,18+. The first-order chi connectivity index (χ1) is 12.2. The SMILES string of the molecule is COc1ccc2c(c1)CCCC2CC(=O)N1CC[C@@H]2CNC[C@@H]2CC1. The van der Waals surface area contributed by atoms with Crippen molar-refractivity contribution in [2.45, 2.75) is 44.4 Å². The summed E-state index contributed by atoms with van der Waals surface area (Å²) in [6, 6.07) is 6.39. The molecule has 2 heterocycles. The average Bonchev–Trinajstić information content (AvgIpc) is 2.99. The lowest BCUT2D eigenvalue weighted by molar-refractivity contribution is -0.131. The molecule has 1 amide bonds. The van der Waals surface area contributed by atoms with Gasteiger partial charge in [-0.25, -0.2) is 0 Å². The lowest BCUT2D eigenvalue weighted by Gasteiger charge is -2.28. The third-order valence-electron chi connectivity index (χ3n) is 6.58. The summed E-state index contributed by atoms with van der Waals surface area (Å²) in [4.78, 5) is 15.1. The van der Waals surface area contributed by atoms with Gasteiger partial charge in [-0.2, -0.15) is 0 Å². The minimum Gasteiger partial charge on any atom is -0.497 e. The van der Waals surface area contributed by atoms with Crippen LogP contribution in [0.25, 0.3) is 0 Å². The van der Waals surface area contributed by atoms with E-state index < -0.39 is 0 Å². The fraction of sp³-hybridized carbons (Fsp3) is 0.667. The molecule has 25 heavy (non-hydrogen) atoms. The van der Waals surface area contributed by atoms with Gasteiger partial charge in [0.2, 0.25) is 5.91 Å². The van der Waals surface area contributed by atoms with Crippen molar-refractivity contribution in [3.8, 4) is 5.75 Å². The molecule has 3 aliphatic rings. The number of benzene rings is 1. The number of nitrogens with one attached hydrogen (secondary N) is 1. The van der Waals surface area contributed by atoms with E-state index in [1.54, 1.807) is 7.11 Å². The van der Waals surface area contributed by atoms with Crippen LogP contribution in [0.2, 0.25) is 0 Å². The number of rotatable bonds is 3. The van der Waals surface area contributed by atoms with Crippen molar-refractivity contribution in [2.24, 2.45) is 11.8 Å². The molecule has 2 saturated heterocycles. The van der Waals surface area contributed by atoms with Crippen molar-refractivity contribution in [3.63, 3.8) is 0 Å². The van der Waals surface area contributed by atoms with E-state index in [0.717, 1.165) is 56.6 Å². The van der Waals surface area contributed by atoms with Gasteiger partial charge in [-0.1, -0.05) is 6.07 Å². The van der Waals surface area contributed by atoms with Gasteiger partial charge < -0.3 is 15.0 Å². The van der Waals surface area contributed by atoms with Crippen LogP contribution in [0.1, 0.15) is 49.1 Å². The summed E-state index contributed by atoms with van der Waals surface area (Å²) in [6.45, 7) is 4.18. The Bertz CT molecular complexity index is 616. The Morgan fingerprint density at radius 2 is 1.96 bits per heavy atom. The van der Waals surface area contributed by atoms with E-state index in [9.17, 15) is 4.79 Å². The summed E-state index contributed by atoms with van der Waals surface area (Å²) in [5, 5.41) is 3.51. The number of ether oxygens (including phenoxy) is 1. The highest BCUT2D eigenvalue weighted by Gasteiger charge is 2.32. The molecule has 0 bridgehead atoms. The van der Waals surface area contributed by atoms with Crippen molar-refractivity contribution < 1.29 is 9.53 Å². The highest BCUT2D eigenvalue weighted by atomic mass is 16.5. The Morgan fingerprint density at radius 3 is 2.68 bits per heavy atom. The summed E-state index contributed by atoms with van der Waals surface area (Å²) in [5.74, 6) is 3.23. The van der Waals surface area contributed by atoms with Crippen molar-refractivity contribution in [1.82, 2.24) is 10.2 Å². The lowest BCUT2D eigenvalue weighted by atomic mass is 9.80. The van der Waals surface area contributed by atoms with E-state index in [4.69, 9.17) is 4.74 Å². The third-order valence-corrected chi connectivity index (χ3v) is 6.58. The number of likely N-dealkylation sites (tertiary alicyclic amines) is 1. The number of aryl methyl sites for hydroxylation is 1. The molecule has 1 N–H and O–H groups in total. The van der Waals surface area contributed by atoms with Crippen LogP contribution in [-0.2, 0) is 11.2 Å². The summed E-state index contributed by atoms with van der Waals surface area (Å²) in [6.07, 6.45) is 6.43.